The molecule has 5 heteroatoms. The van der Waals surface area contributed by atoms with E-state index in [-0.39, 0.29) is 5.91 Å². The van der Waals surface area contributed by atoms with E-state index in [1.807, 2.05) is 78.6 Å². The van der Waals surface area contributed by atoms with Crippen molar-refractivity contribution in [3.05, 3.63) is 84.2 Å². The van der Waals surface area contributed by atoms with Gasteiger partial charge in [0, 0.05) is 36.6 Å². The standard InChI is InChI=1S/C23H26N4O/c1-23(19-8-4-2-5-9-19,25-20-10-6-3-7-11-20)22(28)27-16-13-18(14-17-27)21-12-15-24-26-21/h2-12,15,18,25H,13-14,16-17H2,1H3,(H,24,26). The van der Waals surface area contributed by atoms with Crippen molar-refractivity contribution in [1.29, 1.82) is 0 Å². The van der Waals surface area contributed by atoms with Crippen LogP contribution in [0.3, 0.4) is 0 Å². The summed E-state index contributed by atoms with van der Waals surface area (Å²) in [6, 6.07) is 22.0. The lowest BCUT2D eigenvalue weighted by molar-refractivity contribution is -0.137. The van der Waals surface area contributed by atoms with Crippen molar-refractivity contribution in [1.82, 2.24) is 15.1 Å². The van der Waals surface area contributed by atoms with Crippen LogP contribution in [0.25, 0.3) is 0 Å². The van der Waals surface area contributed by atoms with Crippen LogP contribution in [0.15, 0.2) is 72.9 Å². The molecule has 4 rings (SSSR count). The van der Waals surface area contributed by atoms with Crippen LogP contribution in [0, 0.1) is 0 Å². The zero-order valence-corrected chi connectivity index (χ0v) is 16.1. The number of nitrogens with zero attached hydrogens (tertiary/aromatic N) is 2. The van der Waals surface area contributed by atoms with E-state index in [1.54, 1.807) is 6.20 Å². The number of aromatic amines is 1. The Hall–Kier alpha value is -3.08. The van der Waals surface area contributed by atoms with Gasteiger partial charge < -0.3 is 10.2 Å². The van der Waals surface area contributed by atoms with E-state index in [2.05, 4.69) is 15.5 Å². The summed E-state index contributed by atoms with van der Waals surface area (Å²) in [7, 11) is 0. The first kappa shape index (κ1) is 18.3. The Labute approximate surface area is 165 Å². The lowest BCUT2D eigenvalue weighted by Gasteiger charge is -2.39. The van der Waals surface area contributed by atoms with Crippen molar-refractivity contribution in [2.75, 3.05) is 18.4 Å². The van der Waals surface area contributed by atoms with E-state index in [0.29, 0.717) is 5.92 Å². The number of rotatable bonds is 5. The maximum atomic E-state index is 13.7. The maximum absolute atomic E-state index is 13.7. The fourth-order valence-corrected chi connectivity index (χ4v) is 4.03. The summed E-state index contributed by atoms with van der Waals surface area (Å²) in [5.74, 6) is 0.558. The molecular weight excluding hydrogens is 348 g/mol. The summed E-state index contributed by atoms with van der Waals surface area (Å²) in [6.45, 7) is 3.49. The minimum absolute atomic E-state index is 0.116. The Bertz CT molecular complexity index is 887. The van der Waals surface area contributed by atoms with Crippen molar-refractivity contribution in [3.8, 4) is 0 Å². The average Bonchev–Trinajstić information content (AvgIpc) is 3.29. The molecule has 5 nitrogen and oxygen atoms in total. The van der Waals surface area contributed by atoms with Crippen LogP contribution in [0.1, 0.15) is 36.9 Å². The molecule has 2 N–H and O–H groups in total. The van der Waals surface area contributed by atoms with Crippen LogP contribution in [0.5, 0.6) is 0 Å². The number of amides is 1. The molecule has 0 bridgehead atoms. The van der Waals surface area contributed by atoms with Gasteiger partial charge in [0.1, 0.15) is 5.54 Å². The molecule has 1 aliphatic heterocycles. The quantitative estimate of drug-likeness (QED) is 0.705. The van der Waals surface area contributed by atoms with Gasteiger partial charge in [-0.2, -0.15) is 5.10 Å². The first-order chi connectivity index (χ1) is 13.7. The van der Waals surface area contributed by atoms with E-state index in [4.69, 9.17) is 0 Å². The van der Waals surface area contributed by atoms with E-state index >= 15 is 0 Å². The fourth-order valence-electron chi connectivity index (χ4n) is 4.03. The molecule has 1 saturated heterocycles. The number of nitrogens with one attached hydrogen (secondary N) is 2. The topological polar surface area (TPSA) is 61.0 Å². The van der Waals surface area contributed by atoms with Crippen LogP contribution < -0.4 is 5.32 Å². The monoisotopic (exact) mass is 374 g/mol. The molecular formula is C23H26N4O. The summed E-state index contributed by atoms with van der Waals surface area (Å²) in [4.78, 5) is 15.7. The number of piperidine rings is 1. The van der Waals surface area contributed by atoms with Crippen LogP contribution in [-0.2, 0) is 10.3 Å². The maximum Gasteiger partial charge on any atom is 0.252 e. The third-order valence-electron chi connectivity index (χ3n) is 5.69. The second kappa shape index (κ2) is 7.89. The van der Waals surface area contributed by atoms with Gasteiger partial charge in [-0.15, -0.1) is 0 Å². The summed E-state index contributed by atoms with van der Waals surface area (Å²) in [5.41, 5.74) is 2.26. The highest BCUT2D eigenvalue weighted by Crippen LogP contribution is 2.32. The van der Waals surface area contributed by atoms with Crippen LogP contribution in [0.2, 0.25) is 0 Å². The molecule has 1 fully saturated rings. The molecule has 0 spiro atoms. The van der Waals surface area contributed by atoms with E-state index in [9.17, 15) is 4.79 Å². The molecule has 0 radical (unpaired) electrons. The molecule has 0 saturated carbocycles. The smallest absolute Gasteiger partial charge is 0.252 e. The summed E-state index contributed by atoms with van der Waals surface area (Å²) in [6.07, 6.45) is 3.69. The molecule has 28 heavy (non-hydrogen) atoms. The third kappa shape index (κ3) is 3.65. The van der Waals surface area contributed by atoms with Gasteiger partial charge in [0.15, 0.2) is 0 Å². The van der Waals surface area contributed by atoms with Gasteiger partial charge in [-0.1, -0.05) is 48.5 Å². The first-order valence-corrected chi connectivity index (χ1v) is 9.84. The average molecular weight is 374 g/mol. The number of hydrogen-bond donors (Lipinski definition) is 2. The number of aromatic nitrogens is 2. The second-order valence-corrected chi connectivity index (χ2v) is 7.56. The van der Waals surface area contributed by atoms with Gasteiger partial charge in [-0.05, 0) is 43.5 Å². The van der Waals surface area contributed by atoms with Gasteiger partial charge in [0.05, 0.1) is 0 Å². The minimum atomic E-state index is -0.816. The van der Waals surface area contributed by atoms with E-state index < -0.39 is 5.54 Å². The Morgan fingerprint density at radius 2 is 1.68 bits per heavy atom. The van der Waals surface area contributed by atoms with Crippen molar-refractivity contribution in [2.24, 2.45) is 0 Å². The zero-order valence-electron chi connectivity index (χ0n) is 16.1. The van der Waals surface area contributed by atoms with Crippen LogP contribution in [0.4, 0.5) is 5.69 Å². The Balaban J connectivity index is 1.55. The Morgan fingerprint density at radius 3 is 2.29 bits per heavy atom. The normalized spacial score (nSPS) is 17.1. The minimum Gasteiger partial charge on any atom is -0.368 e. The predicted molar refractivity (Wildman–Crippen MR) is 111 cm³/mol. The number of carbonyl (C=O) groups is 1. The molecule has 1 atom stereocenters. The number of likely N-dealkylation sites (tertiary alicyclic amines) is 1. The first-order valence-electron chi connectivity index (χ1n) is 9.84. The molecule has 1 amide bonds. The molecule has 0 aliphatic carbocycles. The lowest BCUT2D eigenvalue weighted by Crippen LogP contribution is -2.52. The van der Waals surface area contributed by atoms with Gasteiger partial charge in [0.25, 0.3) is 5.91 Å². The molecule has 144 valence electrons. The lowest BCUT2D eigenvalue weighted by atomic mass is 9.87. The van der Waals surface area contributed by atoms with Gasteiger partial charge in [-0.25, -0.2) is 0 Å². The SMILES string of the molecule is CC(Nc1ccccc1)(C(=O)N1CCC(c2ccn[nH]2)CC1)c1ccccc1. The zero-order chi connectivity index (χ0) is 19.4. The second-order valence-electron chi connectivity index (χ2n) is 7.56. The van der Waals surface area contributed by atoms with E-state index in [0.717, 1.165) is 37.2 Å². The van der Waals surface area contributed by atoms with Crippen molar-refractivity contribution in [2.45, 2.75) is 31.2 Å². The molecule has 1 aliphatic rings. The summed E-state index contributed by atoms with van der Waals surface area (Å²) >= 11 is 0. The predicted octanol–water partition coefficient (Wildman–Crippen LogP) is 4.14. The molecule has 2 aromatic carbocycles. The summed E-state index contributed by atoms with van der Waals surface area (Å²) < 4.78 is 0. The molecule has 1 unspecified atom stereocenters. The Morgan fingerprint density at radius 1 is 1.04 bits per heavy atom. The Kier molecular flexibility index (Phi) is 5.15. The van der Waals surface area contributed by atoms with Crippen molar-refractivity contribution < 1.29 is 4.79 Å². The molecule has 2 heterocycles. The van der Waals surface area contributed by atoms with E-state index in [1.165, 1.54) is 5.69 Å². The van der Waals surface area contributed by atoms with Crippen LogP contribution >= 0.6 is 0 Å². The largest absolute Gasteiger partial charge is 0.368 e. The highest BCUT2D eigenvalue weighted by molar-refractivity contribution is 5.90. The fraction of sp³-hybridized carbons (Fsp3) is 0.304. The highest BCUT2D eigenvalue weighted by Gasteiger charge is 2.39. The number of H-pyrrole nitrogens is 1. The van der Waals surface area contributed by atoms with Gasteiger partial charge in [-0.3, -0.25) is 9.89 Å². The number of anilines is 1. The number of para-hydroxylation sites is 1. The van der Waals surface area contributed by atoms with Crippen molar-refractivity contribution >= 4 is 11.6 Å². The number of carbonyl (C=O) groups excluding carboxylic acids is 1. The van der Waals surface area contributed by atoms with Crippen LogP contribution in [-0.4, -0.2) is 34.1 Å². The van der Waals surface area contributed by atoms with Gasteiger partial charge >= 0.3 is 0 Å². The number of hydrogen-bond acceptors (Lipinski definition) is 3. The number of benzene rings is 2. The highest BCUT2D eigenvalue weighted by atomic mass is 16.2. The van der Waals surface area contributed by atoms with Gasteiger partial charge in [0.2, 0.25) is 0 Å². The summed E-state index contributed by atoms with van der Waals surface area (Å²) in [5, 5.41) is 10.6. The van der Waals surface area contributed by atoms with Crippen molar-refractivity contribution in [3.63, 3.8) is 0 Å². The third-order valence-corrected chi connectivity index (χ3v) is 5.69. The molecule has 1 aromatic heterocycles. The molecule has 3 aromatic rings.